The molecule has 1 aliphatic heterocycles. The van der Waals surface area contributed by atoms with E-state index in [9.17, 15) is 0 Å². The van der Waals surface area contributed by atoms with Crippen LogP contribution in [0.1, 0.15) is 12.8 Å². The average molecular weight is 222 g/mol. The maximum atomic E-state index is 4.94. The van der Waals surface area contributed by atoms with Gasteiger partial charge in [0.05, 0.1) is 0 Å². The SMILES string of the molecule is C1CCOC1.Cl[Se]Cl. The van der Waals surface area contributed by atoms with E-state index in [-0.39, 0.29) is 13.1 Å². The van der Waals surface area contributed by atoms with Gasteiger partial charge >= 0.3 is 33.3 Å². The Morgan fingerprint density at radius 3 is 1.62 bits per heavy atom. The number of halogens is 2. The molecule has 0 aromatic carbocycles. The molecule has 0 atom stereocenters. The molecule has 4 heteroatoms. The van der Waals surface area contributed by atoms with Crippen LogP contribution in [0.2, 0.25) is 0 Å². The van der Waals surface area contributed by atoms with Crippen molar-refractivity contribution in [3.8, 4) is 0 Å². The molecule has 1 saturated heterocycles. The molecule has 0 radical (unpaired) electrons. The summed E-state index contributed by atoms with van der Waals surface area (Å²) < 4.78 is 4.94. The van der Waals surface area contributed by atoms with Gasteiger partial charge in [0.25, 0.3) is 0 Å². The van der Waals surface area contributed by atoms with E-state index in [1.807, 2.05) is 0 Å². The molecule has 0 spiro atoms. The van der Waals surface area contributed by atoms with E-state index in [1.165, 1.54) is 12.8 Å². The third-order valence-corrected chi connectivity index (χ3v) is 0.827. The molecule has 0 amide bonds. The van der Waals surface area contributed by atoms with Gasteiger partial charge in [-0.2, -0.15) is 0 Å². The van der Waals surface area contributed by atoms with E-state index < -0.39 is 0 Å². The van der Waals surface area contributed by atoms with Crippen LogP contribution in [0.15, 0.2) is 0 Å². The van der Waals surface area contributed by atoms with E-state index in [0.29, 0.717) is 0 Å². The third-order valence-electron chi connectivity index (χ3n) is 0.827. The summed E-state index contributed by atoms with van der Waals surface area (Å²) in [6.07, 6.45) is 2.56. The van der Waals surface area contributed by atoms with Gasteiger partial charge in [-0.1, -0.05) is 0 Å². The summed E-state index contributed by atoms with van der Waals surface area (Å²) in [5.74, 6) is 0. The normalized spacial score (nSPS) is 17.2. The summed E-state index contributed by atoms with van der Waals surface area (Å²) in [4.78, 5) is 0. The minimum atomic E-state index is -0.181. The fourth-order valence-electron chi connectivity index (χ4n) is 0.510. The Morgan fingerprint density at radius 2 is 1.50 bits per heavy atom. The summed E-state index contributed by atoms with van der Waals surface area (Å²) in [7, 11) is 9.65. The Balaban J connectivity index is 0.000000145. The van der Waals surface area contributed by atoms with Crippen molar-refractivity contribution in [2.45, 2.75) is 12.8 Å². The molecular weight excluding hydrogens is 214 g/mol. The van der Waals surface area contributed by atoms with Crippen molar-refractivity contribution < 1.29 is 4.74 Å². The van der Waals surface area contributed by atoms with Crippen molar-refractivity contribution in [1.29, 1.82) is 0 Å². The minimum absolute atomic E-state index is 0.181. The molecule has 0 aromatic rings. The monoisotopic (exact) mass is 222 g/mol. The number of hydrogen-bond donors (Lipinski definition) is 0. The molecule has 8 heavy (non-hydrogen) atoms. The van der Waals surface area contributed by atoms with Gasteiger partial charge in [0.1, 0.15) is 0 Å². The van der Waals surface area contributed by atoms with Gasteiger partial charge in [0, 0.05) is 13.2 Å². The van der Waals surface area contributed by atoms with E-state index in [0.717, 1.165) is 13.2 Å². The Hall–Kier alpha value is 1.06. The second-order valence-electron chi connectivity index (χ2n) is 1.38. The molecule has 0 aromatic heterocycles. The molecule has 1 fully saturated rings. The molecule has 0 aliphatic carbocycles. The van der Waals surface area contributed by atoms with E-state index >= 15 is 0 Å². The summed E-state index contributed by atoms with van der Waals surface area (Å²) in [5.41, 5.74) is 0. The first-order valence-electron chi connectivity index (χ1n) is 2.39. The predicted octanol–water partition coefficient (Wildman–Crippen LogP) is 1.79. The van der Waals surface area contributed by atoms with Crippen LogP contribution in [-0.4, -0.2) is 26.3 Å². The van der Waals surface area contributed by atoms with Gasteiger partial charge in [-0.15, -0.1) is 0 Å². The van der Waals surface area contributed by atoms with E-state index in [1.54, 1.807) is 0 Å². The zero-order valence-corrected chi connectivity index (χ0v) is 7.63. The zero-order valence-electron chi connectivity index (χ0n) is 4.40. The molecule has 0 unspecified atom stereocenters. The molecule has 1 heterocycles. The van der Waals surface area contributed by atoms with Crippen LogP contribution >= 0.6 is 20.2 Å². The molecule has 1 nitrogen and oxygen atoms in total. The van der Waals surface area contributed by atoms with Crippen LogP contribution in [0, 0.1) is 0 Å². The average Bonchev–Trinajstić information content (AvgIpc) is 2.17. The van der Waals surface area contributed by atoms with Gasteiger partial charge in [-0.3, -0.25) is 0 Å². The Bertz CT molecular complexity index is 33.4. The second-order valence-corrected chi connectivity index (χ2v) is 4.05. The number of ether oxygens (including phenoxy) is 1. The fraction of sp³-hybridized carbons (Fsp3) is 1.00. The molecule has 0 bridgehead atoms. The van der Waals surface area contributed by atoms with Crippen LogP contribution in [0.4, 0.5) is 0 Å². The van der Waals surface area contributed by atoms with Gasteiger partial charge in [0.2, 0.25) is 0 Å². The predicted molar refractivity (Wildman–Crippen MR) is 37.5 cm³/mol. The van der Waals surface area contributed by atoms with Gasteiger partial charge in [-0.05, 0) is 12.8 Å². The van der Waals surface area contributed by atoms with Crippen molar-refractivity contribution in [3.63, 3.8) is 0 Å². The van der Waals surface area contributed by atoms with Crippen LogP contribution < -0.4 is 0 Å². The Morgan fingerprint density at radius 1 is 1.12 bits per heavy atom. The van der Waals surface area contributed by atoms with E-state index in [2.05, 4.69) is 0 Å². The van der Waals surface area contributed by atoms with Gasteiger partial charge in [0.15, 0.2) is 0 Å². The second kappa shape index (κ2) is 8.06. The summed E-state index contributed by atoms with van der Waals surface area (Å²) in [5, 5.41) is 0. The Kier molecular flexibility index (Phi) is 9.13. The van der Waals surface area contributed by atoms with Crippen molar-refractivity contribution >= 4 is 33.3 Å². The first kappa shape index (κ1) is 9.06. The molecule has 1 rings (SSSR count). The summed E-state index contributed by atoms with van der Waals surface area (Å²) in [6.45, 7) is 2.00. The van der Waals surface area contributed by atoms with Crippen molar-refractivity contribution in [1.82, 2.24) is 0 Å². The van der Waals surface area contributed by atoms with Crippen molar-refractivity contribution in [2.24, 2.45) is 0 Å². The molecule has 0 N–H and O–H groups in total. The van der Waals surface area contributed by atoms with Crippen LogP contribution in [0.5, 0.6) is 0 Å². The Labute approximate surface area is 64.3 Å². The summed E-state index contributed by atoms with van der Waals surface area (Å²) in [6, 6.07) is 0. The van der Waals surface area contributed by atoms with Gasteiger partial charge < -0.3 is 4.74 Å². The number of hydrogen-bond acceptors (Lipinski definition) is 1. The summed E-state index contributed by atoms with van der Waals surface area (Å²) >= 11 is -0.181. The van der Waals surface area contributed by atoms with E-state index in [4.69, 9.17) is 24.9 Å². The molecule has 0 saturated carbocycles. The zero-order chi connectivity index (χ0) is 6.24. The van der Waals surface area contributed by atoms with Crippen LogP contribution in [0.3, 0.4) is 0 Å². The number of rotatable bonds is 0. The van der Waals surface area contributed by atoms with Gasteiger partial charge in [-0.25, -0.2) is 0 Å². The molecular formula is C4H8Cl2OSe. The quantitative estimate of drug-likeness (QED) is 0.567. The first-order valence-corrected chi connectivity index (χ1v) is 6.89. The fourth-order valence-corrected chi connectivity index (χ4v) is 0.510. The molecule has 1 aliphatic rings. The van der Waals surface area contributed by atoms with Crippen LogP contribution in [-0.2, 0) is 4.74 Å². The van der Waals surface area contributed by atoms with Crippen molar-refractivity contribution in [3.05, 3.63) is 0 Å². The first-order chi connectivity index (χ1) is 3.91. The third kappa shape index (κ3) is 7.06. The van der Waals surface area contributed by atoms with Crippen molar-refractivity contribution in [2.75, 3.05) is 13.2 Å². The van der Waals surface area contributed by atoms with Crippen LogP contribution in [0.25, 0.3) is 0 Å². The topological polar surface area (TPSA) is 9.23 Å². The maximum absolute atomic E-state index is 4.94. The molecule has 50 valence electrons. The standard InChI is InChI=1S/C4H8O.Cl2Se/c1-2-4-5-3-1;1-3-2/h1-4H2;.